The van der Waals surface area contributed by atoms with Gasteiger partial charge in [-0.3, -0.25) is 10.1 Å². The summed E-state index contributed by atoms with van der Waals surface area (Å²) in [5.74, 6) is 0.588. The van der Waals surface area contributed by atoms with E-state index in [9.17, 15) is 10.1 Å². The van der Waals surface area contributed by atoms with E-state index in [4.69, 9.17) is 27.9 Å². The van der Waals surface area contributed by atoms with Crippen LogP contribution in [0.3, 0.4) is 0 Å². The Morgan fingerprint density at radius 2 is 1.86 bits per heavy atom. The van der Waals surface area contributed by atoms with Gasteiger partial charge >= 0.3 is 5.69 Å². The van der Waals surface area contributed by atoms with Gasteiger partial charge in [0.25, 0.3) is 0 Å². The van der Waals surface area contributed by atoms with Crippen LogP contribution in [0, 0.1) is 17.0 Å². The van der Waals surface area contributed by atoms with Crippen LogP contribution >= 0.6 is 39.1 Å². The molecule has 2 aromatic carbocycles. The third-order valence-electron chi connectivity index (χ3n) is 2.81. The summed E-state index contributed by atoms with van der Waals surface area (Å²) in [5, 5.41) is 12.1. The number of nitro benzene ring substituents is 1. The molecule has 0 spiro atoms. The van der Waals surface area contributed by atoms with Crippen molar-refractivity contribution in [1.82, 2.24) is 0 Å². The highest BCUT2D eigenvalue weighted by atomic mass is 79.9. The Kier molecular flexibility index (Phi) is 5.08. The largest absolute Gasteiger partial charge is 0.450 e. The highest BCUT2D eigenvalue weighted by Gasteiger charge is 2.19. The molecule has 0 fully saturated rings. The molecule has 7 heteroatoms. The number of nitrogens with zero attached hydrogens (tertiary/aromatic N) is 1. The average Bonchev–Trinajstić information content (AvgIpc) is 2.44. The maximum Gasteiger partial charge on any atom is 0.313 e. The highest BCUT2D eigenvalue weighted by molar-refractivity contribution is 9.08. The molecule has 0 saturated carbocycles. The second kappa shape index (κ2) is 6.64. The molecule has 0 saturated heterocycles. The summed E-state index contributed by atoms with van der Waals surface area (Å²) in [5.41, 5.74) is 1.73. The van der Waals surface area contributed by atoms with Crippen LogP contribution in [0.15, 0.2) is 30.3 Å². The number of alkyl halides is 1. The second-order valence-electron chi connectivity index (χ2n) is 4.33. The number of rotatable bonds is 4. The predicted molar refractivity (Wildman–Crippen MR) is 87.0 cm³/mol. The van der Waals surface area contributed by atoms with Gasteiger partial charge in [0.1, 0.15) is 5.75 Å². The van der Waals surface area contributed by atoms with E-state index in [1.165, 1.54) is 12.1 Å². The van der Waals surface area contributed by atoms with Gasteiger partial charge in [-0.05, 0) is 24.1 Å². The molecule has 21 heavy (non-hydrogen) atoms. The van der Waals surface area contributed by atoms with E-state index in [1.807, 2.05) is 19.1 Å². The summed E-state index contributed by atoms with van der Waals surface area (Å²) in [6, 6.07) is 8.10. The van der Waals surface area contributed by atoms with Crippen molar-refractivity contribution >= 4 is 44.8 Å². The zero-order valence-corrected chi connectivity index (χ0v) is 14.0. The van der Waals surface area contributed by atoms with E-state index < -0.39 is 4.92 Å². The molecular formula is C14H10BrCl2NO3. The molecule has 0 unspecified atom stereocenters. The van der Waals surface area contributed by atoms with Crippen molar-refractivity contribution in [2.24, 2.45) is 0 Å². The van der Waals surface area contributed by atoms with Crippen molar-refractivity contribution in [3.8, 4) is 11.5 Å². The van der Waals surface area contributed by atoms with Crippen molar-refractivity contribution in [2.75, 3.05) is 0 Å². The molecular weight excluding hydrogens is 381 g/mol. The van der Waals surface area contributed by atoms with Crippen LogP contribution < -0.4 is 4.74 Å². The van der Waals surface area contributed by atoms with Gasteiger partial charge in [0.05, 0.1) is 15.0 Å². The third kappa shape index (κ3) is 3.67. The molecule has 110 valence electrons. The van der Waals surface area contributed by atoms with E-state index in [1.54, 1.807) is 6.07 Å². The zero-order valence-electron chi connectivity index (χ0n) is 10.9. The SMILES string of the molecule is Cc1cc(CBr)ccc1Oc1cc(Cl)c(Cl)cc1[N+](=O)[O-]. The number of hydrogen-bond acceptors (Lipinski definition) is 3. The lowest BCUT2D eigenvalue weighted by atomic mass is 10.1. The van der Waals surface area contributed by atoms with Gasteiger partial charge in [-0.1, -0.05) is 51.3 Å². The van der Waals surface area contributed by atoms with E-state index in [0.29, 0.717) is 5.75 Å². The van der Waals surface area contributed by atoms with Gasteiger partial charge in [0, 0.05) is 17.5 Å². The minimum atomic E-state index is -0.556. The van der Waals surface area contributed by atoms with Crippen LogP contribution in [0.25, 0.3) is 0 Å². The van der Waals surface area contributed by atoms with E-state index in [0.717, 1.165) is 16.5 Å². The third-order valence-corrected chi connectivity index (χ3v) is 4.18. The minimum Gasteiger partial charge on any atom is -0.450 e. The lowest BCUT2D eigenvalue weighted by Gasteiger charge is -2.11. The van der Waals surface area contributed by atoms with Crippen LogP contribution in [0.2, 0.25) is 10.0 Å². The van der Waals surface area contributed by atoms with Crippen molar-refractivity contribution < 1.29 is 9.66 Å². The average molecular weight is 391 g/mol. The van der Waals surface area contributed by atoms with E-state index in [-0.39, 0.29) is 21.5 Å². The lowest BCUT2D eigenvalue weighted by molar-refractivity contribution is -0.385. The Morgan fingerprint density at radius 1 is 1.19 bits per heavy atom. The normalized spacial score (nSPS) is 10.5. The fraction of sp³-hybridized carbons (Fsp3) is 0.143. The Balaban J connectivity index is 2.43. The molecule has 0 bridgehead atoms. The summed E-state index contributed by atoms with van der Waals surface area (Å²) in [7, 11) is 0. The first-order valence-corrected chi connectivity index (χ1v) is 7.77. The van der Waals surface area contributed by atoms with Crippen molar-refractivity contribution in [3.63, 3.8) is 0 Å². The highest BCUT2D eigenvalue weighted by Crippen LogP contribution is 2.38. The van der Waals surface area contributed by atoms with Crippen LogP contribution in [-0.4, -0.2) is 4.92 Å². The minimum absolute atomic E-state index is 0.0593. The molecule has 0 aliphatic rings. The summed E-state index contributed by atoms with van der Waals surface area (Å²) in [6.45, 7) is 1.87. The van der Waals surface area contributed by atoms with Gasteiger partial charge < -0.3 is 4.74 Å². The zero-order chi connectivity index (χ0) is 15.6. The smallest absolute Gasteiger partial charge is 0.313 e. The quantitative estimate of drug-likeness (QED) is 0.371. The molecule has 0 N–H and O–H groups in total. The Morgan fingerprint density at radius 3 is 2.43 bits per heavy atom. The first-order valence-electron chi connectivity index (χ1n) is 5.89. The van der Waals surface area contributed by atoms with Crippen molar-refractivity contribution in [3.05, 3.63) is 61.6 Å². The Labute approximate surface area is 139 Å². The maximum atomic E-state index is 11.1. The summed E-state index contributed by atoms with van der Waals surface area (Å²) in [6.07, 6.45) is 0. The molecule has 2 rings (SSSR count). The van der Waals surface area contributed by atoms with Gasteiger partial charge in [-0.25, -0.2) is 0 Å². The number of nitro groups is 1. The Bertz CT molecular complexity index is 707. The fourth-order valence-electron chi connectivity index (χ4n) is 1.77. The summed E-state index contributed by atoms with van der Waals surface area (Å²) in [4.78, 5) is 10.5. The monoisotopic (exact) mass is 389 g/mol. The first-order chi connectivity index (χ1) is 9.92. The summed E-state index contributed by atoms with van der Waals surface area (Å²) < 4.78 is 5.64. The predicted octanol–water partition coefficient (Wildman–Crippen LogP) is 5.90. The molecule has 0 aliphatic carbocycles. The Hall–Kier alpha value is -1.30. The van der Waals surface area contributed by atoms with Crippen LogP contribution in [0.5, 0.6) is 11.5 Å². The lowest BCUT2D eigenvalue weighted by Crippen LogP contribution is -1.95. The van der Waals surface area contributed by atoms with Crippen LogP contribution in [0.1, 0.15) is 11.1 Å². The van der Waals surface area contributed by atoms with Gasteiger partial charge in [0.2, 0.25) is 5.75 Å². The fourth-order valence-corrected chi connectivity index (χ4v) is 2.43. The molecule has 0 aromatic heterocycles. The van der Waals surface area contributed by atoms with Gasteiger partial charge in [-0.2, -0.15) is 0 Å². The molecule has 0 amide bonds. The van der Waals surface area contributed by atoms with Crippen LogP contribution in [0.4, 0.5) is 5.69 Å². The molecule has 2 aromatic rings. The van der Waals surface area contributed by atoms with Crippen LogP contribution in [-0.2, 0) is 5.33 Å². The maximum absolute atomic E-state index is 11.1. The molecule has 4 nitrogen and oxygen atoms in total. The number of ether oxygens (including phenoxy) is 1. The standard InChI is InChI=1S/C14H10BrCl2NO3/c1-8-4-9(7-15)2-3-13(8)21-14-6-11(17)10(16)5-12(14)18(19)20/h2-6H,7H2,1H3. The molecule has 0 heterocycles. The van der Waals surface area contributed by atoms with Crippen molar-refractivity contribution in [1.29, 1.82) is 0 Å². The first kappa shape index (κ1) is 16.1. The van der Waals surface area contributed by atoms with E-state index >= 15 is 0 Å². The van der Waals surface area contributed by atoms with Gasteiger partial charge in [0.15, 0.2) is 0 Å². The molecule has 0 radical (unpaired) electrons. The van der Waals surface area contributed by atoms with Gasteiger partial charge in [-0.15, -0.1) is 0 Å². The molecule has 0 atom stereocenters. The number of benzene rings is 2. The topological polar surface area (TPSA) is 52.4 Å². The summed E-state index contributed by atoms with van der Waals surface area (Å²) >= 11 is 15.1. The van der Waals surface area contributed by atoms with E-state index in [2.05, 4.69) is 15.9 Å². The number of hydrogen-bond donors (Lipinski definition) is 0. The number of halogens is 3. The number of aryl methyl sites for hydroxylation is 1. The second-order valence-corrected chi connectivity index (χ2v) is 5.70. The van der Waals surface area contributed by atoms with Crippen molar-refractivity contribution in [2.45, 2.75) is 12.3 Å². The molecule has 0 aliphatic heterocycles.